The molecule has 0 saturated carbocycles. The summed E-state index contributed by atoms with van der Waals surface area (Å²) in [6.07, 6.45) is 5.27. The molecule has 0 N–H and O–H groups in total. The van der Waals surface area contributed by atoms with Gasteiger partial charge in [0.1, 0.15) is 0 Å². The first-order valence-electron chi connectivity index (χ1n) is 7.86. The van der Waals surface area contributed by atoms with Crippen molar-refractivity contribution < 1.29 is 4.79 Å². The van der Waals surface area contributed by atoms with Gasteiger partial charge in [0.25, 0.3) is 0 Å². The van der Waals surface area contributed by atoms with Crippen molar-refractivity contribution >= 4 is 33.5 Å². The van der Waals surface area contributed by atoms with Crippen molar-refractivity contribution in [3.63, 3.8) is 0 Å². The van der Waals surface area contributed by atoms with Gasteiger partial charge in [-0.15, -0.1) is 0 Å². The molecule has 0 spiro atoms. The molecule has 4 rings (SSSR count). The van der Waals surface area contributed by atoms with Crippen LogP contribution in [0.3, 0.4) is 0 Å². The predicted molar refractivity (Wildman–Crippen MR) is 99.1 cm³/mol. The number of hydrogen-bond donors (Lipinski definition) is 0. The highest BCUT2D eigenvalue weighted by molar-refractivity contribution is 6.09. The molecule has 0 unspecified atom stereocenters. The van der Waals surface area contributed by atoms with Crippen LogP contribution in [0.4, 0.5) is 0 Å². The second kappa shape index (κ2) is 6.09. The number of nitrogens with zero attached hydrogens (tertiary/aromatic N) is 1. The summed E-state index contributed by atoms with van der Waals surface area (Å²) in [5, 5.41) is 3.26. The monoisotopic (exact) mass is 309 g/mol. The predicted octanol–water partition coefficient (Wildman–Crippen LogP) is 5.28. The van der Waals surface area contributed by atoms with Crippen molar-refractivity contribution in [3.8, 4) is 0 Å². The van der Waals surface area contributed by atoms with Crippen LogP contribution in [0.2, 0.25) is 0 Å². The number of carbonyl (C=O) groups excluding carboxylic acids is 1. The first-order valence-corrected chi connectivity index (χ1v) is 7.86. The maximum atomic E-state index is 12.5. The molecule has 0 bridgehead atoms. The minimum absolute atomic E-state index is 0.00152. The highest BCUT2D eigenvalue weighted by Crippen LogP contribution is 2.19. The van der Waals surface area contributed by atoms with Gasteiger partial charge in [0.2, 0.25) is 0 Å². The lowest BCUT2D eigenvalue weighted by atomic mass is 10.0. The summed E-state index contributed by atoms with van der Waals surface area (Å²) in [6, 6.07) is 23.7. The van der Waals surface area contributed by atoms with Crippen molar-refractivity contribution in [2.75, 3.05) is 0 Å². The van der Waals surface area contributed by atoms with E-state index in [1.165, 1.54) is 0 Å². The van der Waals surface area contributed by atoms with E-state index >= 15 is 0 Å². The molecule has 1 heterocycles. The van der Waals surface area contributed by atoms with E-state index in [1.807, 2.05) is 78.9 Å². The molecule has 4 aromatic rings. The lowest BCUT2D eigenvalue weighted by molar-refractivity contribution is 0.104. The van der Waals surface area contributed by atoms with Gasteiger partial charge >= 0.3 is 0 Å². The van der Waals surface area contributed by atoms with Gasteiger partial charge in [0, 0.05) is 17.1 Å². The van der Waals surface area contributed by atoms with Crippen molar-refractivity contribution in [1.82, 2.24) is 4.98 Å². The van der Waals surface area contributed by atoms with Gasteiger partial charge in [-0.3, -0.25) is 9.78 Å². The Balaban J connectivity index is 1.68. The van der Waals surface area contributed by atoms with Crippen molar-refractivity contribution in [3.05, 3.63) is 96.2 Å². The quantitative estimate of drug-likeness (QED) is 0.380. The standard InChI is InChI=1S/C22H15NO/c24-22(19-11-10-16-5-1-2-6-18(16)15-19)13-12-17-7-3-9-21-20(17)8-4-14-23-21/h1-15H. The van der Waals surface area contributed by atoms with E-state index in [4.69, 9.17) is 0 Å². The Kier molecular flexibility index (Phi) is 3.64. The molecule has 0 aliphatic carbocycles. The number of aromatic nitrogens is 1. The smallest absolute Gasteiger partial charge is 0.185 e. The van der Waals surface area contributed by atoms with Crippen LogP contribution in [0.1, 0.15) is 15.9 Å². The summed E-state index contributed by atoms with van der Waals surface area (Å²) in [5.41, 5.74) is 2.62. The molecule has 0 aliphatic heterocycles. The Hall–Kier alpha value is -3.26. The topological polar surface area (TPSA) is 30.0 Å². The van der Waals surface area contributed by atoms with E-state index in [1.54, 1.807) is 12.3 Å². The van der Waals surface area contributed by atoms with Crippen LogP contribution in [0.15, 0.2) is 85.1 Å². The Morgan fingerprint density at radius 2 is 1.71 bits per heavy atom. The number of rotatable bonds is 3. The molecule has 24 heavy (non-hydrogen) atoms. The molecular formula is C22H15NO. The largest absolute Gasteiger partial charge is 0.289 e. The van der Waals surface area contributed by atoms with Crippen LogP contribution in [-0.2, 0) is 0 Å². The summed E-state index contributed by atoms with van der Waals surface area (Å²) in [4.78, 5) is 16.8. The first-order chi connectivity index (χ1) is 11.8. The van der Waals surface area contributed by atoms with Gasteiger partial charge in [-0.2, -0.15) is 0 Å². The maximum Gasteiger partial charge on any atom is 0.185 e. The molecule has 0 radical (unpaired) electrons. The summed E-state index contributed by atoms with van der Waals surface area (Å²) < 4.78 is 0. The van der Waals surface area contributed by atoms with Gasteiger partial charge in [-0.05, 0) is 40.6 Å². The lowest BCUT2D eigenvalue weighted by Crippen LogP contribution is -1.94. The second-order valence-corrected chi connectivity index (χ2v) is 5.68. The molecule has 0 aliphatic rings. The Morgan fingerprint density at radius 1 is 0.833 bits per heavy atom. The summed E-state index contributed by atoms with van der Waals surface area (Å²) >= 11 is 0. The zero-order valence-electron chi connectivity index (χ0n) is 13.0. The van der Waals surface area contributed by atoms with Crippen LogP contribution in [0, 0.1) is 0 Å². The highest BCUT2D eigenvalue weighted by atomic mass is 16.1. The molecule has 0 saturated heterocycles. The molecular weight excluding hydrogens is 294 g/mol. The highest BCUT2D eigenvalue weighted by Gasteiger charge is 2.04. The number of allylic oxidation sites excluding steroid dienone is 1. The number of benzene rings is 3. The molecule has 0 atom stereocenters. The third-order valence-corrected chi connectivity index (χ3v) is 4.13. The first kappa shape index (κ1) is 14.3. The Bertz CT molecular complexity index is 1070. The van der Waals surface area contributed by atoms with E-state index < -0.39 is 0 Å². The van der Waals surface area contributed by atoms with Gasteiger partial charge < -0.3 is 0 Å². The SMILES string of the molecule is O=C(C=Cc1cccc2ncccc12)c1ccc2ccccc2c1. The van der Waals surface area contributed by atoms with E-state index in [0.29, 0.717) is 5.56 Å². The molecule has 0 amide bonds. The van der Waals surface area contributed by atoms with E-state index in [9.17, 15) is 4.79 Å². The van der Waals surface area contributed by atoms with Gasteiger partial charge in [-0.1, -0.05) is 60.7 Å². The zero-order chi connectivity index (χ0) is 16.4. The minimum Gasteiger partial charge on any atom is -0.289 e. The second-order valence-electron chi connectivity index (χ2n) is 5.68. The van der Waals surface area contributed by atoms with Gasteiger partial charge in [-0.25, -0.2) is 0 Å². The normalized spacial score (nSPS) is 11.3. The van der Waals surface area contributed by atoms with Crippen LogP contribution >= 0.6 is 0 Å². The summed E-state index contributed by atoms with van der Waals surface area (Å²) in [6.45, 7) is 0. The number of hydrogen-bond acceptors (Lipinski definition) is 2. The molecule has 0 fully saturated rings. The summed E-state index contributed by atoms with van der Waals surface area (Å²) in [7, 11) is 0. The molecule has 2 heteroatoms. The minimum atomic E-state index is 0.00152. The van der Waals surface area contributed by atoms with Crippen molar-refractivity contribution in [2.45, 2.75) is 0 Å². The fourth-order valence-electron chi connectivity index (χ4n) is 2.88. The molecule has 114 valence electrons. The van der Waals surface area contributed by atoms with Crippen molar-refractivity contribution in [1.29, 1.82) is 0 Å². The van der Waals surface area contributed by atoms with Crippen LogP contribution in [0.5, 0.6) is 0 Å². The Morgan fingerprint density at radius 3 is 2.62 bits per heavy atom. The average Bonchev–Trinajstić information content (AvgIpc) is 2.65. The fourth-order valence-corrected chi connectivity index (χ4v) is 2.88. The molecule has 1 aromatic heterocycles. The third kappa shape index (κ3) is 2.70. The summed E-state index contributed by atoms with van der Waals surface area (Å²) in [5.74, 6) is 0.00152. The van der Waals surface area contributed by atoms with Crippen LogP contribution < -0.4 is 0 Å². The van der Waals surface area contributed by atoms with Crippen LogP contribution in [-0.4, -0.2) is 10.8 Å². The van der Waals surface area contributed by atoms with Gasteiger partial charge in [0.15, 0.2) is 5.78 Å². The molecule has 2 nitrogen and oxygen atoms in total. The van der Waals surface area contributed by atoms with Crippen molar-refractivity contribution in [2.24, 2.45) is 0 Å². The fraction of sp³-hybridized carbons (Fsp3) is 0. The number of ketones is 1. The number of carbonyl (C=O) groups is 1. The van der Waals surface area contributed by atoms with E-state index in [0.717, 1.165) is 27.2 Å². The van der Waals surface area contributed by atoms with Gasteiger partial charge in [0.05, 0.1) is 5.52 Å². The zero-order valence-corrected chi connectivity index (χ0v) is 13.0. The molecule has 3 aromatic carbocycles. The Labute approximate surface area is 140 Å². The number of pyridine rings is 1. The van der Waals surface area contributed by atoms with E-state index in [2.05, 4.69) is 4.98 Å². The third-order valence-electron chi connectivity index (χ3n) is 4.13. The average molecular weight is 309 g/mol. The number of fused-ring (bicyclic) bond motifs is 2. The van der Waals surface area contributed by atoms with E-state index in [-0.39, 0.29) is 5.78 Å². The maximum absolute atomic E-state index is 12.5. The van der Waals surface area contributed by atoms with Crippen LogP contribution in [0.25, 0.3) is 27.8 Å². The lowest BCUT2D eigenvalue weighted by Gasteiger charge is -2.02.